The SMILES string of the molecule is CCCn1c(CCC(=O)N(C)c2ccccc2)nc2cc(S(=O)(=O)N3CCCC3)ccc21. The van der Waals surface area contributed by atoms with Crippen LogP contribution in [0.5, 0.6) is 0 Å². The number of sulfonamides is 1. The quantitative estimate of drug-likeness (QED) is 0.518. The van der Waals surface area contributed by atoms with Gasteiger partial charge in [-0.1, -0.05) is 25.1 Å². The fourth-order valence-electron chi connectivity index (χ4n) is 4.24. The Bertz CT molecular complexity index is 1200. The number of carbonyl (C=O) groups excluding carboxylic acids is 1. The minimum Gasteiger partial charge on any atom is -0.328 e. The van der Waals surface area contributed by atoms with Crippen LogP contribution in [0.3, 0.4) is 0 Å². The zero-order valence-corrected chi connectivity index (χ0v) is 19.5. The van der Waals surface area contributed by atoms with E-state index in [1.54, 1.807) is 28.4 Å². The normalized spacial score (nSPS) is 14.8. The summed E-state index contributed by atoms with van der Waals surface area (Å²) in [7, 11) is -1.71. The Labute approximate surface area is 189 Å². The summed E-state index contributed by atoms with van der Waals surface area (Å²) >= 11 is 0. The molecule has 0 saturated carbocycles. The van der Waals surface area contributed by atoms with E-state index in [4.69, 9.17) is 4.98 Å². The molecule has 0 bridgehead atoms. The van der Waals surface area contributed by atoms with E-state index in [2.05, 4.69) is 11.5 Å². The van der Waals surface area contributed by atoms with Gasteiger partial charge in [0.05, 0.1) is 15.9 Å². The molecule has 7 nitrogen and oxygen atoms in total. The number of amides is 1. The topological polar surface area (TPSA) is 75.5 Å². The van der Waals surface area contributed by atoms with Gasteiger partial charge < -0.3 is 9.47 Å². The summed E-state index contributed by atoms with van der Waals surface area (Å²) in [5.41, 5.74) is 2.43. The van der Waals surface area contributed by atoms with Gasteiger partial charge in [-0.25, -0.2) is 13.4 Å². The van der Waals surface area contributed by atoms with Crippen molar-refractivity contribution in [1.29, 1.82) is 0 Å². The minimum absolute atomic E-state index is 0.0172. The molecule has 1 amide bonds. The highest BCUT2D eigenvalue weighted by Crippen LogP contribution is 2.26. The van der Waals surface area contributed by atoms with Crippen LogP contribution >= 0.6 is 0 Å². The molecule has 1 fully saturated rings. The molecular weight excluding hydrogens is 424 g/mol. The van der Waals surface area contributed by atoms with E-state index in [0.29, 0.717) is 36.3 Å². The summed E-state index contributed by atoms with van der Waals surface area (Å²) in [6, 6.07) is 14.8. The molecule has 0 aliphatic carbocycles. The Morgan fingerprint density at radius 2 is 1.81 bits per heavy atom. The lowest BCUT2D eigenvalue weighted by molar-refractivity contribution is -0.118. The number of hydrogen-bond acceptors (Lipinski definition) is 4. The average Bonchev–Trinajstić information content (AvgIpc) is 3.46. The second-order valence-electron chi connectivity index (χ2n) is 8.23. The molecule has 8 heteroatoms. The molecule has 1 aromatic heterocycles. The number of aromatic nitrogens is 2. The van der Waals surface area contributed by atoms with E-state index < -0.39 is 10.0 Å². The second-order valence-corrected chi connectivity index (χ2v) is 10.2. The number of imidazole rings is 1. The van der Waals surface area contributed by atoms with Crippen molar-refractivity contribution in [1.82, 2.24) is 13.9 Å². The highest BCUT2D eigenvalue weighted by Gasteiger charge is 2.28. The maximum atomic E-state index is 13.0. The predicted molar refractivity (Wildman–Crippen MR) is 126 cm³/mol. The van der Waals surface area contributed by atoms with Crippen LogP contribution in [0.15, 0.2) is 53.4 Å². The molecule has 0 unspecified atom stereocenters. The Hall–Kier alpha value is -2.71. The van der Waals surface area contributed by atoms with Crippen molar-refractivity contribution in [3.8, 4) is 0 Å². The highest BCUT2D eigenvalue weighted by atomic mass is 32.2. The Kier molecular flexibility index (Phi) is 6.62. The van der Waals surface area contributed by atoms with Gasteiger partial charge in [0.15, 0.2) is 0 Å². The standard InChI is InChI=1S/C24H30N4O3S/c1-3-15-28-22-12-11-20(32(30,31)27-16-7-8-17-27)18-21(22)25-23(28)13-14-24(29)26(2)19-9-5-4-6-10-19/h4-6,9-12,18H,3,7-8,13-17H2,1-2H3. The molecule has 0 N–H and O–H groups in total. The molecule has 32 heavy (non-hydrogen) atoms. The largest absolute Gasteiger partial charge is 0.328 e. The molecule has 1 aliphatic rings. The van der Waals surface area contributed by atoms with Crippen molar-refractivity contribution in [2.45, 2.75) is 50.5 Å². The molecule has 2 aromatic carbocycles. The molecule has 3 aromatic rings. The molecule has 1 saturated heterocycles. The first-order valence-corrected chi connectivity index (χ1v) is 12.7. The number of carbonyl (C=O) groups is 1. The van der Waals surface area contributed by atoms with Crippen molar-refractivity contribution in [2.24, 2.45) is 0 Å². The number of hydrogen-bond donors (Lipinski definition) is 0. The van der Waals surface area contributed by atoms with Crippen LogP contribution in [0.2, 0.25) is 0 Å². The van der Waals surface area contributed by atoms with Crippen LogP contribution in [-0.2, 0) is 27.8 Å². The lowest BCUT2D eigenvalue weighted by Gasteiger charge is -2.17. The summed E-state index contributed by atoms with van der Waals surface area (Å²) < 4.78 is 29.6. The summed E-state index contributed by atoms with van der Waals surface area (Å²) in [5.74, 6) is 0.830. The summed E-state index contributed by atoms with van der Waals surface area (Å²) in [4.78, 5) is 19.4. The van der Waals surface area contributed by atoms with Gasteiger partial charge in [0.1, 0.15) is 5.82 Å². The van der Waals surface area contributed by atoms with Gasteiger partial charge in [-0.3, -0.25) is 4.79 Å². The maximum Gasteiger partial charge on any atom is 0.243 e. The summed E-state index contributed by atoms with van der Waals surface area (Å²) in [5, 5.41) is 0. The van der Waals surface area contributed by atoms with Gasteiger partial charge in [-0.2, -0.15) is 4.31 Å². The van der Waals surface area contributed by atoms with Gasteiger partial charge in [-0.15, -0.1) is 0 Å². The zero-order valence-electron chi connectivity index (χ0n) is 18.7. The first kappa shape index (κ1) is 22.5. The molecule has 1 aliphatic heterocycles. The number of fused-ring (bicyclic) bond motifs is 1. The first-order valence-electron chi connectivity index (χ1n) is 11.2. The second kappa shape index (κ2) is 9.42. The zero-order chi connectivity index (χ0) is 22.7. The number of rotatable bonds is 8. The third-order valence-electron chi connectivity index (χ3n) is 6.03. The van der Waals surface area contributed by atoms with Gasteiger partial charge in [0, 0.05) is 45.2 Å². The van der Waals surface area contributed by atoms with E-state index in [1.807, 2.05) is 36.4 Å². The van der Waals surface area contributed by atoms with E-state index >= 15 is 0 Å². The van der Waals surface area contributed by atoms with E-state index in [0.717, 1.165) is 42.8 Å². The molecule has 170 valence electrons. The van der Waals surface area contributed by atoms with Gasteiger partial charge >= 0.3 is 0 Å². The number of benzene rings is 2. The highest BCUT2D eigenvalue weighted by molar-refractivity contribution is 7.89. The fraction of sp³-hybridized carbons (Fsp3) is 0.417. The van der Waals surface area contributed by atoms with E-state index in [9.17, 15) is 13.2 Å². The fourth-order valence-corrected chi connectivity index (χ4v) is 5.78. The van der Waals surface area contributed by atoms with Crippen molar-refractivity contribution >= 4 is 32.7 Å². The third-order valence-corrected chi connectivity index (χ3v) is 7.92. The number of nitrogens with zero attached hydrogens (tertiary/aromatic N) is 4. The van der Waals surface area contributed by atoms with Gasteiger partial charge in [-0.05, 0) is 49.6 Å². The Balaban J connectivity index is 1.58. The number of para-hydroxylation sites is 1. The number of anilines is 1. The van der Waals surface area contributed by atoms with Crippen LogP contribution in [0, 0.1) is 0 Å². The molecule has 2 heterocycles. The average molecular weight is 455 g/mol. The Morgan fingerprint density at radius 3 is 2.50 bits per heavy atom. The van der Waals surface area contributed by atoms with Gasteiger partial charge in [0.2, 0.25) is 15.9 Å². The van der Waals surface area contributed by atoms with Crippen LogP contribution in [0.1, 0.15) is 38.4 Å². The van der Waals surface area contributed by atoms with Crippen LogP contribution in [0.4, 0.5) is 5.69 Å². The molecular formula is C24H30N4O3S. The minimum atomic E-state index is -3.49. The van der Waals surface area contributed by atoms with Crippen molar-refractivity contribution < 1.29 is 13.2 Å². The lowest BCUT2D eigenvalue weighted by Crippen LogP contribution is -2.27. The van der Waals surface area contributed by atoms with Crippen LogP contribution < -0.4 is 4.90 Å². The smallest absolute Gasteiger partial charge is 0.243 e. The first-order chi connectivity index (χ1) is 15.4. The Morgan fingerprint density at radius 1 is 1.09 bits per heavy atom. The molecule has 4 rings (SSSR count). The maximum absolute atomic E-state index is 13.0. The number of aryl methyl sites for hydroxylation is 2. The predicted octanol–water partition coefficient (Wildman–Crippen LogP) is 3.83. The van der Waals surface area contributed by atoms with Crippen LogP contribution in [0.25, 0.3) is 11.0 Å². The monoisotopic (exact) mass is 454 g/mol. The molecule has 0 radical (unpaired) electrons. The van der Waals surface area contributed by atoms with E-state index in [1.165, 1.54) is 0 Å². The summed E-state index contributed by atoms with van der Waals surface area (Å²) in [6.07, 6.45) is 3.56. The van der Waals surface area contributed by atoms with Crippen molar-refractivity contribution in [3.63, 3.8) is 0 Å². The lowest BCUT2D eigenvalue weighted by atomic mass is 10.2. The van der Waals surface area contributed by atoms with E-state index in [-0.39, 0.29) is 5.91 Å². The van der Waals surface area contributed by atoms with Crippen molar-refractivity contribution in [3.05, 3.63) is 54.4 Å². The van der Waals surface area contributed by atoms with Crippen molar-refractivity contribution in [2.75, 3.05) is 25.0 Å². The molecule has 0 spiro atoms. The van der Waals surface area contributed by atoms with Crippen LogP contribution in [-0.4, -0.2) is 48.3 Å². The third kappa shape index (κ3) is 4.42. The summed E-state index contributed by atoms with van der Waals surface area (Å²) in [6.45, 7) is 4.02. The molecule has 0 atom stereocenters. The van der Waals surface area contributed by atoms with Gasteiger partial charge in [0.25, 0.3) is 0 Å².